The lowest BCUT2D eigenvalue weighted by Gasteiger charge is -2.25. The summed E-state index contributed by atoms with van der Waals surface area (Å²) in [6, 6.07) is 14.7. The van der Waals surface area contributed by atoms with E-state index in [2.05, 4.69) is 4.98 Å². The molecule has 1 unspecified atom stereocenters. The van der Waals surface area contributed by atoms with E-state index in [-0.39, 0.29) is 17.8 Å². The molecule has 1 aromatic heterocycles. The van der Waals surface area contributed by atoms with Gasteiger partial charge in [0.05, 0.1) is 6.10 Å². The van der Waals surface area contributed by atoms with Crippen LogP contribution in [0.2, 0.25) is 0 Å². The van der Waals surface area contributed by atoms with Crippen molar-refractivity contribution in [2.45, 2.75) is 25.5 Å². The fourth-order valence-corrected chi connectivity index (χ4v) is 4.49. The summed E-state index contributed by atoms with van der Waals surface area (Å²) in [5.74, 6) is -0.501. The summed E-state index contributed by atoms with van der Waals surface area (Å²) >= 11 is 1.28. The first kappa shape index (κ1) is 21.5. The van der Waals surface area contributed by atoms with Crippen LogP contribution in [0.3, 0.4) is 0 Å². The van der Waals surface area contributed by atoms with Gasteiger partial charge in [-0.05, 0) is 42.7 Å². The van der Waals surface area contributed by atoms with Crippen LogP contribution in [0.4, 0.5) is 10.1 Å². The van der Waals surface area contributed by atoms with Gasteiger partial charge < -0.3 is 14.5 Å². The molecule has 0 radical (unpaired) electrons. The van der Waals surface area contributed by atoms with Crippen LogP contribution < -0.4 is 4.90 Å². The molecule has 2 aromatic carbocycles. The summed E-state index contributed by atoms with van der Waals surface area (Å²) in [4.78, 5) is 21.6. The van der Waals surface area contributed by atoms with Crippen LogP contribution in [0.1, 0.15) is 28.9 Å². The Bertz CT molecular complexity index is 1030. The van der Waals surface area contributed by atoms with Gasteiger partial charge >= 0.3 is 0 Å². The average Bonchev–Trinajstić information content (AvgIpc) is 3.46. The van der Waals surface area contributed by atoms with Crippen molar-refractivity contribution in [2.75, 3.05) is 32.1 Å². The molecular formula is C24H26FN3O2S. The minimum Gasteiger partial charge on any atom is -0.378 e. The summed E-state index contributed by atoms with van der Waals surface area (Å²) in [6.07, 6.45) is 1.99. The van der Waals surface area contributed by atoms with E-state index in [1.807, 2.05) is 43.3 Å². The molecule has 2 heterocycles. The number of nitrogens with zero attached hydrogens (tertiary/aromatic N) is 3. The summed E-state index contributed by atoms with van der Waals surface area (Å²) < 4.78 is 19.9. The standard InChI is InChI=1S/C24H26FN3O2S/c1-27(2)18-11-9-17(10-12-18)14-28(15-19-6-5-13-30-19)24(29)22-16-31-23(26-22)20-7-3-4-8-21(20)25/h3-4,7-12,16,19H,5-6,13-15H2,1-2H3. The number of rotatable bonds is 7. The first-order chi connectivity index (χ1) is 15.0. The van der Waals surface area contributed by atoms with Crippen LogP contribution >= 0.6 is 11.3 Å². The van der Waals surface area contributed by atoms with Gasteiger partial charge in [-0.3, -0.25) is 4.79 Å². The number of ether oxygens (including phenoxy) is 1. The van der Waals surface area contributed by atoms with Gasteiger partial charge in [0.15, 0.2) is 0 Å². The van der Waals surface area contributed by atoms with Gasteiger partial charge in [0.2, 0.25) is 0 Å². The zero-order valence-corrected chi connectivity index (χ0v) is 18.6. The molecule has 1 atom stereocenters. The molecule has 1 aliphatic rings. The molecule has 31 heavy (non-hydrogen) atoms. The first-order valence-corrected chi connectivity index (χ1v) is 11.3. The maximum absolute atomic E-state index is 14.1. The zero-order valence-electron chi connectivity index (χ0n) is 17.8. The number of halogens is 1. The second kappa shape index (κ2) is 9.58. The molecule has 0 N–H and O–H groups in total. The Balaban J connectivity index is 1.56. The molecule has 1 fully saturated rings. The number of carbonyl (C=O) groups excluding carboxylic acids is 1. The Morgan fingerprint density at radius 2 is 1.97 bits per heavy atom. The molecule has 1 saturated heterocycles. The molecule has 5 nitrogen and oxygen atoms in total. The van der Waals surface area contributed by atoms with Gasteiger partial charge in [0.1, 0.15) is 16.5 Å². The van der Waals surface area contributed by atoms with E-state index in [1.54, 1.807) is 28.5 Å². The van der Waals surface area contributed by atoms with Crippen molar-refractivity contribution in [3.8, 4) is 10.6 Å². The van der Waals surface area contributed by atoms with Gasteiger partial charge in [-0.2, -0.15) is 0 Å². The third kappa shape index (κ3) is 5.11. The van der Waals surface area contributed by atoms with E-state index in [0.717, 1.165) is 30.7 Å². The molecule has 0 saturated carbocycles. The van der Waals surface area contributed by atoms with Crippen LogP contribution in [0.25, 0.3) is 10.6 Å². The number of amides is 1. The van der Waals surface area contributed by atoms with Gasteiger partial charge in [-0.1, -0.05) is 24.3 Å². The van der Waals surface area contributed by atoms with Crippen LogP contribution in [0.15, 0.2) is 53.9 Å². The molecule has 0 aliphatic carbocycles. The van der Waals surface area contributed by atoms with Crippen LogP contribution in [-0.4, -0.2) is 49.1 Å². The monoisotopic (exact) mass is 439 g/mol. The Kier molecular flexibility index (Phi) is 6.63. The highest BCUT2D eigenvalue weighted by Crippen LogP contribution is 2.27. The molecular weight excluding hydrogens is 413 g/mol. The highest BCUT2D eigenvalue weighted by molar-refractivity contribution is 7.13. The van der Waals surface area contributed by atoms with Crippen LogP contribution in [0.5, 0.6) is 0 Å². The molecule has 162 valence electrons. The summed E-state index contributed by atoms with van der Waals surface area (Å²) in [5.41, 5.74) is 2.90. The lowest BCUT2D eigenvalue weighted by atomic mass is 10.1. The van der Waals surface area contributed by atoms with Crippen molar-refractivity contribution in [3.05, 3.63) is 71.0 Å². The van der Waals surface area contributed by atoms with Crippen molar-refractivity contribution >= 4 is 22.9 Å². The smallest absolute Gasteiger partial charge is 0.273 e. The van der Waals surface area contributed by atoms with Crippen LogP contribution in [0, 0.1) is 5.82 Å². The summed E-state index contributed by atoms with van der Waals surface area (Å²) in [5, 5.41) is 2.22. The van der Waals surface area contributed by atoms with E-state index in [0.29, 0.717) is 29.4 Å². The molecule has 0 spiro atoms. The number of hydrogen-bond donors (Lipinski definition) is 0. The topological polar surface area (TPSA) is 45.7 Å². The lowest BCUT2D eigenvalue weighted by Crippen LogP contribution is -2.37. The van der Waals surface area contributed by atoms with E-state index >= 15 is 0 Å². The SMILES string of the molecule is CN(C)c1ccc(CN(CC2CCCO2)C(=O)c2csc(-c3ccccc3F)n2)cc1. The Hall–Kier alpha value is -2.77. The molecule has 4 rings (SSSR count). The fraction of sp³-hybridized carbons (Fsp3) is 0.333. The third-order valence-electron chi connectivity index (χ3n) is 5.39. The predicted octanol–water partition coefficient (Wildman–Crippen LogP) is 4.84. The third-order valence-corrected chi connectivity index (χ3v) is 6.26. The minimum absolute atomic E-state index is 0.0367. The zero-order chi connectivity index (χ0) is 21.8. The first-order valence-electron chi connectivity index (χ1n) is 10.4. The normalized spacial score (nSPS) is 15.8. The molecule has 7 heteroatoms. The number of benzene rings is 2. The van der Waals surface area contributed by atoms with Gasteiger partial charge in [-0.25, -0.2) is 9.37 Å². The van der Waals surface area contributed by atoms with Crippen molar-refractivity contribution in [3.63, 3.8) is 0 Å². The van der Waals surface area contributed by atoms with E-state index < -0.39 is 0 Å². The quantitative estimate of drug-likeness (QED) is 0.529. The lowest BCUT2D eigenvalue weighted by molar-refractivity contribution is 0.0503. The largest absolute Gasteiger partial charge is 0.378 e. The number of thiazole rings is 1. The van der Waals surface area contributed by atoms with Crippen molar-refractivity contribution in [1.29, 1.82) is 0 Å². The Labute approximate surface area is 186 Å². The number of carbonyl (C=O) groups is 1. The second-order valence-electron chi connectivity index (χ2n) is 7.90. The number of aromatic nitrogens is 1. The van der Waals surface area contributed by atoms with Gasteiger partial charge in [0, 0.05) is 50.4 Å². The number of hydrogen-bond acceptors (Lipinski definition) is 5. The summed E-state index contributed by atoms with van der Waals surface area (Å²) in [6.45, 7) is 1.72. The maximum Gasteiger partial charge on any atom is 0.273 e. The molecule has 1 amide bonds. The second-order valence-corrected chi connectivity index (χ2v) is 8.76. The highest BCUT2D eigenvalue weighted by atomic mass is 32.1. The van der Waals surface area contributed by atoms with Crippen LogP contribution in [-0.2, 0) is 11.3 Å². The van der Waals surface area contributed by atoms with E-state index in [1.165, 1.54) is 17.4 Å². The average molecular weight is 440 g/mol. The predicted molar refractivity (Wildman–Crippen MR) is 122 cm³/mol. The Morgan fingerprint density at radius 1 is 1.19 bits per heavy atom. The summed E-state index contributed by atoms with van der Waals surface area (Å²) in [7, 11) is 4.00. The molecule has 1 aliphatic heterocycles. The van der Waals surface area contributed by atoms with E-state index in [4.69, 9.17) is 4.74 Å². The molecule has 0 bridgehead atoms. The van der Waals surface area contributed by atoms with Crippen molar-refractivity contribution in [2.24, 2.45) is 0 Å². The van der Waals surface area contributed by atoms with E-state index in [9.17, 15) is 9.18 Å². The van der Waals surface area contributed by atoms with Crippen molar-refractivity contribution < 1.29 is 13.9 Å². The minimum atomic E-state index is -0.340. The van der Waals surface area contributed by atoms with Gasteiger partial charge in [-0.15, -0.1) is 11.3 Å². The van der Waals surface area contributed by atoms with Gasteiger partial charge in [0.25, 0.3) is 5.91 Å². The maximum atomic E-state index is 14.1. The number of anilines is 1. The molecule has 3 aromatic rings. The highest BCUT2D eigenvalue weighted by Gasteiger charge is 2.25. The Morgan fingerprint density at radius 3 is 2.65 bits per heavy atom. The fourth-order valence-electron chi connectivity index (χ4n) is 3.67. The van der Waals surface area contributed by atoms with Crippen molar-refractivity contribution in [1.82, 2.24) is 9.88 Å².